The van der Waals surface area contributed by atoms with E-state index >= 15 is 0 Å². The number of carbonyl (C=O) groups is 1. The Morgan fingerprint density at radius 1 is 1.15 bits per heavy atom. The number of nitrogens with one attached hydrogen (secondary N) is 1. The van der Waals surface area contributed by atoms with Gasteiger partial charge in [-0.15, -0.1) is 5.10 Å². The summed E-state index contributed by atoms with van der Waals surface area (Å²) in [6.07, 6.45) is 9.01. The number of ether oxygens (including phenoxy) is 1. The highest BCUT2D eigenvalue weighted by Crippen LogP contribution is 2.33. The molecular weight excluding hydrogens is 430 g/mol. The van der Waals surface area contributed by atoms with Crippen LogP contribution >= 0.6 is 0 Å². The highest BCUT2D eigenvalue weighted by Gasteiger charge is 2.34. The summed E-state index contributed by atoms with van der Waals surface area (Å²) < 4.78 is 7.70. The fourth-order valence-electron chi connectivity index (χ4n) is 5.14. The van der Waals surface area contributed by atoms with Crippen molar-refractivity contribution in [2.24, 2.45) is 11.8 Å². The van der Waals surface area contributed by atoms with Crippen molar-refractivity contribution in [1.82, 2.24) is 24.6 Å². The molecular formula is C25H25N7O2. The third-order valence-electron chi connectivity index (χ3n) is 7.16. The number of pyridine rings is 3. The first-order chi connectivity index (χ1) is 16.6. The van der Waals surface area contributed by atoms with Crippen LogP contribution in [0.5, 0.6) is 0 Å². The average molecular weight is 456 g/mol. The van der Waals surface area contributed by atoms with Crippen LogP contribution in [0.15, 0.2) is 36.8 Å². The van der Waals surface area contributed by atoms with Crippen LogP contribution in [-0.2, 0) is 9.53 Å². The number of rotatable bonds is 4. The SMILES string of the molecule is Cc1ncc(-c2nc3ccc(N4CC5COC(C5)C4)cn3n2)c2cc(NC(=O)C3CC3)ncc12. The lowest BCUT2D eigenvalue weighted by atomic mass is 10.00. The van der Waals surface area contributed by atoms with Gasteiger partial charge in [0.15, 0.2) is 11.5 Å². The molecule has 2 aliphatic heterocycles. The van der Waals surface area contributed by atoms with Gasteiger partial charge in [0, 0.05) is 59.3 Å². The van der Waals surface area contributed by atoms with Crippen molar-refractivity contribution in [3.05, 3.63) is 42.5 Å². The molecule has 1 aliphatic carbocycles. The van der Waals surface area contributed by atoms with Gasteiger partial charge >= 0.3 is 0 Å². The molecule has 3 fully saturated rings. The second kappa shape index (κ2) is 7.46. The van der Waals surface area contributed by atoms with Crippen molar-refractivity contribution in [3.8, 4) is 11.4 Å². The number of nitrogens with zero attached hydrogens (tertiary/aromatic N) is 6. The maximum Gasteiger partial charge on any atom is 0.228 e. The highest BCUT2D eigenvalue weighted by molar-refractivity contribution is 6.00. The predicted molar refractivity (Wildman–Crippen MR) is 128 cm³/mol. The molecule has 9 heteroatoms. The molecule has 172 valence electrons. The highest BCUT2D eigenvalue weighted by atomic mass is 16.5. The summed E-state index contributed by atoms with van der Waals surface area (Å²) in [6, 6.07) is 6.02. The van der Waals surface area contributed by atoms with Gasteiger partial charge in [0.05, 0.1) is 24.6 Å². The number of amides is 1. The summed E-state index contributed by atoms with van der Waals surface area (Å²) in [6.45, 7) is 4.74. The first kappa shape index (κ1) is 19.8. The van der Waals surface area contributed by atoms with Gasteiger partial charge in [-0.05, 0) is 44.4 Å². The summed E-state index contributed by atoms with van der Waals surface area (Å²) in [5.74, 6) is 1.90. The van der Waals surface area contributed by atoms with Gasteiger partial charge in [0.1, 0.15) is 5.82 Å². The van der Waals surface area contributed by atoms with Crippen molar-refractivity contribution >= 4 is 33.8 Å². The van der Waals surface area contributed by atoms with Crippen LogP contribution < -0.4 is 10.2 Å². The fourth-order valence-corrected chi connectivity index (χ4v) is 5.14. The zero-order valence-electron chi connectivity index (χ0n) is 18.9. The molecule has 2 atom stereocenters. The van der Waals surface area contributed by atoms with Crippen molar-refractivity contribution in [3.63, 3.8) is 0 Å². The van der Waals surface area contributed by atoms with E-state index in [1.165, 1.54) is 0 Å². The van der Waals surface area contributed by atoms with Crippen LogP contribution in [0.1, 0.15) is 25.0 Å². The predicted octanol–water partition coefficient (Wildman–Crippen LogP) is 3.22. The van der Waals surface area contributed by atoms with Crippen molar-refractivity contribution in [2.75, 3.05) is 29.9 Å². The van der Waals surface area contributed by atoms with E-state index in [2.05, 4.69) is 26.3 Å². The van der Waals surface area contributed by atoms with E-state index in [1.54, 1.807) is 12.4 Å². The van der Waals surface area contributed by atoms with Gasteiger partial charge in [-0.2, -0.15) is 0 Å². The number of aromatic nitrogens is 5. The molecule has 0 radical (unpaired) electrons. The Labute approximate surface area is 196 Å². The summed E-state index contributed by atoms with van der Waals surface area (Å²) in [7, 11) is 0. The number of carbonyl (C=O) groups excluding carboxylic acids is 1. The van der Waals surface area contributed by atoms with Crippen LogP contribution in [0.4, 0.5) is 11.5 Å². The van der Waals surface area contributed by atoms with E-state index in [-0.39, 0.29) is 11.8 Å². The van der Waals surface area contributed by atoms with E-state index in [0.29, 0.717) is 23.7 Å². The van der Waals surface area contributed by atoms with Crippen LogP contribution in [0.25, 0.3) is 27.8 Å². The molecule has 9 nitrogen and oxygen atoms in total. The lowest BCUT2D eigenvalue weighted by molar-refractivity contribution is -0.117. The summed E-state index contributed by atoms with van der Waals surface area (Å²) >= 11 is 0. The molecule has 2 saturated heterocycles. The lowest BCUT2D eigenvalue weighted by Crippen LogP contribution is -2.39. The van der Waals surface area contributed by atoms with E-state index in [1.807, 2.05) is 29.8 Å². The van der Waals surface area contributed by atoms with Crippen LogP contribution in [-0.4, -0.2) is 56.3 Å². The number of aryl methyl sites for hydroxylation is 1. The Bertz CT molecular complexity index is 1430. The lowest BCUT2D eigenvalue weighted by Gasteiger charge is -2.31. The summed E-state index contributed by atoms with van der Waals surface area (Å²) in [5, 5.41) is 9.59. The molecule has 6 heterocycles. The third kappa shape index (κ3) is 3.38. The molecule has 3 aliphatic rings. The number of piperidine rings is 1. The second-order valence-electron chi connectivity index (χ2n) is 9.72. The smallest absolute Gasteiger partial charge is 0.228 e. The van der Waals surface area contributed by atoms with E-state index in [9.17, 15) is 4.79 Å². The van der Waals surface area contributed by atoms with E-state index < -0.39 is 0 Å². The van der Waals surface area contributed by atoms with Gasteiger partial charge < -0.3 is 15.0 Å². The minimum atomic E-state index is 0.0362. The Balaban J connectivity index is 1.26. The number of hydrogen-bond acceptors (Lipinski definition) is 7. The molecule has 2 bridgehead atoms. The molecule has 4 aromatic heterocycles. The molecule has 2 unspecified atom stereocenters. The number of anilines is 2. The Kier molecular flexibility index (Phi) is 4.35. The zero-order chi connectivity index (χ0) is 22.8. The first-order valence-corrected chi connectivity index (χ1v) is 11.9. The van der Waals surface area contributed by atoms with Gasteiger partial charge in [0.2, 0.25) is 5.91 Å². The van der Waals surface area contributed by atoms with Gasteiger partial charge in [-0.3, -0.25) is 9.78 Å². The van der Waals surface area contributed by atoms with Crippen LogP contribution in [0.2, 0.25) is 0 Å². The minimum absolute atomic E-state index is 0.0362. The molecule has 0 aromatic carbocycles. The third-order valence-corrected chi connectivity index (χ3v) is 7.16. The van der Waals surface area contributed by atoms with Crippen molar-refractivity contribution in [1.29, 1.82) is 0 Å². The van der Waals surface area contributed by atoms with Crippen molar-refractivity contribution < 1.29 is 9.53 Å². The molecule has 0 spiro atoms. The molecule has 1 saturated carbocycles. The molecule has 1 N–H and O–H groups in total. The number of fused-ring (bicyclic) bond motifs is 4. The average Bonchev–Trinajstić information content (AvgIpc) is 3.53. The summed E-state index contributed by atoms with van der Waals surface area (Å²) in [4.78, 5) is 28.4. The Hall–Kier alpha value is -3.59. The maximum atomic E-state index is 12.3. The topological polar surface area (TPSA) is 97.5 Å². The normalized spacial score (nSPS) is 22.0. The maximum absolute atomic E-state index is 12.3. The molecule has 34 heavy (non-hydrogen) atoms. The summed E-state index contributed by atoms with van der Waals surface area (Å²) in [5.41, 5.74) is 3.60. The van der Waals surface area contributed by atoms with Crippen molar-refractivity contribution in [2.45, 2.75) is 32.3 Å². The number of hydrogen-bond donors (Lipinski definition) is 1. The second-order valence-corrected chi connectivity index (χ2v) is 9.72. The quantitative estimate of drug-likeness (QED) is 0.505. The van der Waals surface area contributed by atoms with Gasteiger partial charge in [-0.25, -0.2) is 14.5 Å². The van der Waals surface area contributed by atoms with Gasteiger partial charge in [0.25, 0.3) is 0 Å². The van der Waals surface area contributed by atoms with Crippen LogP contribution in [0.3, 0.4) is 0 Å². The first-order valence-electron chi connectivity index (χ1n) is 11.9. The standard InChI is InChI=1S/C25H25N7O2/c1-14-20-8-27-22(28-25(33)16-2-3-16)7-19(20)21(9-26-14)24-29-23-5-4-17(11-32(23)30-24)31-10-15-6-18(12-31)34-13-15/h4-5,7-9,11,15-16,18H,2-3,6,10,12-13H2,1H3,(H,27,28,33). The zero-order valence-corrected chi connectivity index (χ0v) is 18.9. The molecule has 7 rings (SSSR count). The molecule has 1 amide bonds. The minimum Gasteiger partial charge on any atom is -0.376 e. The van der Waals surface area contributed by atoms with Crippen LogP contribution in [0, 0.1) is 18.8 Å². The Morgan fingerprint density at radius 2 is 2.06 bits per heavy atom. The van der Waals surface area contributed by atoms with E-state index in [4.69, 9.17) is 14.8 Å². The fraction of sp³-hybridized carbons (Fsp3) is 0.400. The monoisotopic (exact) mass is 455 g/mol. The van der Waals surface area contributed by atoms with E-state index in [0.717, 1.165) is 72.3 Å². The molecule has 4 aromatic rings. The Morgan fingerprint density at radius 3 is 2.91 bits per heavy atom. The largest absolute Gasteiger partial charge is 0.376 e. The van der Waals surface area contributed by atoms with Gasteiger partial charge in [-0.1, -0.05) is 0 Å².